The molecular weight excluding hydrogens is 267 g/mol. The van der Waals surface area contributed by atoms with Gasteiger partial charge in [-0.15, -0.1) is 0 Å². The van der Waals surface area contributed by atoms with Crippen molar-refractivity contribution in [2.45, 2.75) is 51.7 Å². The monoisotopic (exact) mass is 288 g/mol. The largest absolute Gasteiger partial charge is 0.498 e. The van der Waals surface area contributed by atoms with Crippen LogP contribution in [0.25, 0.3) is 0 Å². The Morgan fingerprint density at radius 1 is 1.29 bits per heavy atom. The Morgan fingerprint density at radius 3 is 2.48 bits per heavy atom. The van der Waals surface area contributed by atoms with E-state index < -0.39 is 18.3 Å². The van der Waals surface area contributed by atoms with Crippen LogP contribution in [0, 0.1) is 5.92 Å². The Balaban J connectivity index is 1.84. The van der Waals surface area contributed by atoms with Crippen LogP contribution in [-0.2, 0) is 14.1 Å². The first-order valence-corrected chi connectivity index (χ1v) is 7.41. The van der Waals surface area contributed by atoms with E-state index in [-0.39, 0.29) is 11.8 Å². The molecule has 2 aliphatic rings. The van der Waals surface area contributed by atoms with Crippen LogP contribution >= 0.6 is 0 Å². The van der Waals surface area contributed by atoms with Crippen LogP contribution in [0.4, 0.5) is 5.82 Å². The van der Waals surface area contributed by atoms with Crippen molar-refractivity contribution >= 4 is 24.3 Å². The van der Waals surface area contributed by atoms with Crippen LogP contribution in [0.3, 0.4) is 0 Å². The molecule has 1 saturated carbocycles. The third kappa shape index (κ3) is 2.70. The quantitative estimate of drug-likeness (QED) is 0.860. The first-order chi connectivity index (χ1) is 9.80. The lowest BCUT2D eigenvalue weighted by molar-refractivity contribution is -0.117. The van der Waals surface area contributed by atoms with Crippen LogP contribution < -0.4 is 10.8 Å². The van der Waals surface area contributed by atoms with Gasteiger partial charge in [0.1, 0.15) is 5.82 Å². The van der Waals surface area contributed by atoms with Crippen molar-refractivity contribution in [2.24, 2.45) is 5.92 Å². The molecule has 112 valence electrons. The molecule has 0 atom stereocenters. The summed E-state index contributed by atoms with van der Waals surface area (Å²) in [4.78, 5) is 16.2. The first kappa shape index (κ1) is 14.5. The summed E-state index contributed by atoms with van der Waals surface area (Å²) in [5, 5.41) is 2.89. The molecule has 1 aromatic rings. The van der Waals surface area contributed by atoms with Gasteiger partial charge in [-0.1, -0.05) is 6.07 Å². The SMILES string of the molecule is CC1(C)OB(c2cccnc2NC(=O)C2CC2)OC1(C)C. The number of carbonyl (C=O) groups excluding carboxylic acids is 1. The van der Waals surface area contributed by atoms with E-state index in [9.17, 15) is 4.79 Å². The fraction of sp³-hybridized carbons (Fsp3) is 0.600. The highest BCUT2D eigenvalue weighted by atomic mass is 16.7. The van der Waals surface area contributed by atoms with Crippen molar-refractivity contribution in [3.8, 4) is 0 Å². The number of anilines is 1. The fourth-order valence-corrected chi connectivity index (χ4v) is 2.25. The van der Waals surface area contributed by atoms with E-state index in [0.29, 0.717) is 5.82 Å². The van der Waals surface area contributed by atoms with Gasteiger partial charge in [0, 0.05) is 17.6 Å². The number of nitrogens with zero attached hydrogens (tertiary/aromatic N) is 1. The number of pyridine rings is 1. The first-order valence-electron chi connectivity index (χ1n) is 7.41. The van der Waals surface area contributed by atoms with Gasteiger partial charge in [0.05, 0.1) is 11.2 Å². The third-order valence-corrected chi connectivity index (χ3v) is 4.54. The highest BCUT2D eigenvalue weighted by Crippen LogP contribution is 2.37. The van der Waals surface area contributed by atoms with Crippen LogP contribution in [-0.4, -0.2) is 29.2 Å². The third-order valence-electron chi connectivity index (χ3n) is 4.54. The molecule has 21 heavy (non-hydrogen) atoms. The average molecular weight is 288 g/mol. The Morgan fingerprint density at radius 2 is 1.90 bits per heavy atom. The predicted octanol–water partition coefficient (Wildman–Crippen LogP) is 1.73. The molecule has 3 rings (SSSR count). The summed E-state index contributed by atoms with van der Waals surface area (Å²) in [6.07, 6.45) is 3.59. The maximum Gasteiger partial charge on any atom is 0.498 e. The summed E-state index contributed by atoms with van der Waals surface area (Å²) < 4.78 is 12.1. The zero-order chi connectivity index (χ0) is 15.3. The van der Waals surface area contributed by atoms with Crippen LogP contribution in [0.15, 0.2) is 18.3 Å². The zero-order valence-electron chi connectivity index (χ0n) is 13.0. The minimum atomic E-state index is -0.516. The van der Waals surface area contributed by atoms with Crippen molar-refractivity contribution in [1.82, 2.24) is 4.98 Å². The molecule has 2 fully saturated rings. The summed E-state index contributed by atoms with van der Waals surface area (Å²) in [6, 6.07) is 3.71. The second kappa shape index (κ2) is 4.82. The molecule has 0 aromatic carbocycles. The van der Waals surface area contributed by atoms with Gasteiger partial charge in [0.25, 0.3) is 0 Å². The molecule has 1 saturated heterocycles. The number of carbonyl (C=O) groups is 1. The van der Waals surface area contributed by atoms with E-state index in [4.69, 9.17) is 9.31 Å². The van der Waals surface area contributed by atoms with Gasteiger partial charge >= 0.3 is 7.12 Å². The van der Waals surface area contributed by atoms with Gasteiger partial charge in [-0.25, -0.2) is 4.98 Å². The zero-order valence-corrected chi connectivity index (χ0v) is 13.0. The topological polar surface area (TPSA) is 60.5 Å². The Labute approximate surface area is 125 Å². The Hall–Kier alpha value is -1.40. The van der Waals surface area contributed by atoms with Crippen molar-refractivity contribution < 1.29 is 14.1 Å². The number of nitrogens with one attached hydrogen (secondary N) is 1. The molecule has 2 heterocycles. The van der Waals surface area contributed by atoms with Gasteiger partial charge in [0.2, 0.25) is 5.91 Å². The van der Waals surface area contributed by atoms with Crippen LogP contribution in [0.5, 0.6) is 0 Å². The minimum Gasteiger partial charge on any atom is -0.399 e. The van der Waals surface area contributed by atoms with E-state index in [1.807, 2.05) is 39.8 Å². The maximum absolute atomic E-state index is 12.0. The smallest absolute Gasteiger partial charge is 0.399 e. The molecule has 0 spiro atoms. The number of hydrogen-bond acceptors (Lipinski definition) is 4. The summed E-state index contributed by atoms with van der Waals surface area (Å²) in [7, 11) is -0.516. The highest BCUT2D eigenvalue weighted by Gasteiger charge is 2.52. The van der Waals surface area contributed by atoms with E-state index in [1.165, 1.54) is 0 Å². The molecule has 1 aliphatic heterocycles. The molecular formula is C15H21BN2O3. The molecule has 0 radical (unpaired) electrons. The average Bonchev–Trinajstić information content (AvgIpc) is 3.19. The Bertz CT molecular complexity index is 554. The van der Waals surface area contributed by atoms with Gasteiger partial charge in [-0.05, 0) is 46.6 Å². The van der Waals surface area contributed by atoms with Crippen LogP contribution in [0.1, 0.15) is 40.5 Å². The van der Waals surface area contributed by atoms with Gasteiger partial charge in [-0.2, -0.15) is 0 Å². The molecule has 1 aromatic heterocycles. The summed E-state index contributed by atoms with van der Waals surface area (Å²) in [5.74, 6) is 0.706. The molecule has 0 unspecified atom stereocenters. The molecule has 1 aliphatic carbocycles. The standard InChI is InChI=1S/C15H21BN2O3/c1-14(2)15(3,4)21-16(20-14)11-6-5-9-17-12(11)18-13(19)10-7-8-10/h5-6,9-10H,7-8H2,1-4H3,(H,17,18,19). The number of aromatic nitrogens is 1. The number of hydrogen-bond donors (Lipinski definition) is 1. The lowest BCUT2D eigenvalue weighted by Gasteiger charge is -2.32. The normalized spacial score (nSPS) is 23.1. The summed E-state index contributed by atoms with van der Waals surface area (Å²) in [5.41, 5.74) is -0.0542. The van der Waals surface area contributed by atoms with E-state index >= 15 is 0 Å². The second-order valence-corrected chi connectivity index (χ2v) is 6.79. The van der Waals surface area contributed by atoms with Crippen molar-refractivity contribution in [3.05, 3.63) is 18.3 Å². The molecule has 5 nitrogen and oxygen atoms in total. The van der Waals surface area contributed by atoms with Gasteiger partial charge < -0.3 is 14.6 Å². The van der Waals surface area contributed by atoms with Crippen molar-refractivity contribution in [2.75, 3.05) is 5.32 Å². The lowest BCUT2D eigenvalue weighted by Crippen LogP contribution is -2.41. The maximum atomic E-state index is 12.0. The molecule has 0 bridgehead atoms. The number of rotatable bonds is 3. The lowest BCUT2D eigenvalue weighted by atomic mass is 9.79. The summed E-state index contributed by atoms with van der Waals surface area (Å²) in [6.45, 7) is 8.02. The van der Waals surface area contributed by atoms with Crippen LogP contribution in [0.2, 0.25) is 0 Å². The fourth-order valence-electron chi connectivity index (χ4n) is 2.25. The van der Waals surface area contributed by atoms with Gasteiger partial charge in [-0.3, -0.25) is 4.79 Å². The van der Waals surface area contributed by atoms with E-state index in [1.54, 1.807) is 6.20 Å². The highest BCUT2D eigenvalue weighted by molar-refractivity contribution is 6.63. The second-order valence-electron chi connectivity index (χ2n) is 6.79. The van der Waals surface area contributed by atoms with E-state index in [0.717, 1.165) is 18.3 Å². The van der Waals surface area contributed by atoms with Crippen molar-refractivity contribution in [3.63, 3.8) is 0 Å². The molecule has 6 heteroatoms. The number of amides is 1. The molecule has 1 amide bonds. The van der Waals surface area contributed by atoms with E-state index in [2.05, 4.69) is 10.3 Å². The van der Waals surface area contributed by atoms with Gasteiger partial charge in [0.15, 0.2) is 0 Å². The minimum absolute atomic E-state index is 0.0338. The van der Waals surface area contributed by atoms with Crippen molar-refractivity contribution in [1.29, 1.82) is 0 Å². The summed E-state index contributed by atoms with van der Waals surface area (Å²) >= 11 is 0. The Kier molecular flexibility index (Phi) is 3.33. The molecule has 1 N–H and O–H groups in total. The predicted molar refractivity (Wildman–Crippen MR) is 81.3 cm³/mol.